The first kappa shape index (κ1) is 13.4. The largest absolute Gasteiger partial charge is 0.391 e. The molecule has 2 atom stereocenters. The number of aliphatic hydroxyl groups excluding tert-OH is 1. The Bertz CT molecular complexity index is 472. The maximum Gasteiger partial charge on any atom is 0.150 e. The molecule has 0 amide bonds. The summed E-state index contributed by atoms with van der Waals surface area (Å²) in [5, 5.41) is 10.5. The van der Waals surface area contributed by atoms with Crippen molar-refractivity contribution in [1.29, 1.82) is 0 Å². The van der Waals surface area contributed by atoms with Crippen molar-refractivity contribution in [3.05, 3.63) is 16.7 Å². The van der Waals surface area contributed by atoms with E-state index in [1.807, 2.05) is 0 Å². The van der Waals surface area contributed by atoms with Crippen molar-refractivity contribution in [1.82, 2.24) is 14.5 Å². The van der Waals surface area contributed by atoms with Crippen molar-refractivity contribution in [3.63, 3.8) is 0 Å². The van der Waals surface area contributed by atoms with E-state index in [1.165, 1.54) is 0 Å². The zero-order chi connectivity index (χ0) is 13.6. The molecule has 4 nitrogen and oxygen atoms in total. The fourth-order valence-corrected chi connectivity index (χ4v) is 3.58. The highest BCUT2D eigenvalue weighted by Crippen LogP contribution is 2.33. The molecule has 0 aliphatic carbocycles. The molecule has 2 aliphatic rings. The maximum atomic E-state index is 9.87. The molecule has 1 N–H and O–H groups in total. The van der Waals surface area contributed by atoms with E-state index in [0.29, 0.717) is 23.7 Å². The van der Waals surface area contributed by atoms with E-state index in [-0.39, 0.29) is 6.10 Å². The van der Waals surface area contributed by atoms with Gasteiger partial charge in [-0.1, -0.05) is 11.6 Å². The lowest BCUT2D eigenvalue weighted by atomic mass is 10.1. The number of aliphatic hydroxyl groups is 1. The first-order valence-corrected chi connectivity index (χ1v) is 7.61. The molecule has 0 saturated carbocycles. The number of hydrogen-bond donors (Lipinski definition) is 1. The number of nitrogens with zero attached hydrogens (tertiary/aromatic N) is 3. The summed E-state index contributed by atoms with van der Waals surface area (Å²) in [5.41, 5.74) is 1.12. The van der Waals surface area contributed by atoms with E-state index < -0.39 is 0 Å². The predicted molar refractivity (Wildman–Crippen MR) is 75.6 cm³/mol. The average molecular weight is 284 g/mol. The van der Waals surface area contributed by atoms with Crippen LogP contribution >= 0.6 is 11.6 Å². The normalized spacial score (nSPS) is 28.1. The predicted octanol–water partition coefficient (Wildman–Crippen LogP) is 2.04. The van der Waals surface area contributed by atoms with E-state index in [9.17, 15) is 5.11 Å². The van der Waals surface area contributed by atoms with E-state index in [2.05, 4.69) is 28.3 Å². The monoisotopic (exact) mass is 283 g/mol. The lowest BCUT2D eigenvalue weighted by Gasteiger charge is -2.24. The second-order valence-corrected chi connectivity index (χ2v) is 6.44. The fourth-order valence-electron chi connectivity index (χ4n) is 3.30. The van der Waals surface area contributed by atoms with Crippen molar-refractivity contribution in [2.24, 2.45) is 0 Å². The van der Waals surface area contributed by atoms with Crippen LogP contribution in [0.5, 0.6) is 0 Å². The third-order valence-electron chi connectivity index (χ3n) is 4.48. The van der Waals surface area contributed by atoms with E-state index in [0.717, 1.165) is 43.9 Å². The molecule has 1 saturated heterocycles. The second-order valence-electron chi connectivity index (χ2n) is 6.08. The van der Waals surface area contributed by atoms with E-state index in [1.54, 1.807) is 0 Å². The molecule has 1 aromatic rings. The lowest BCUT2D eigenvalue weighted by molar-refractivity contribution is 0.129. The van der Waals surface area contributed by atoms with Crippen LogP contribution in [0.25, 0.3) is 0 Å². The van der Waals surface area contributed by atoms with Gasteiger partial charge in [0.2, 0.25) is 0 Å². The summed E-state index contributed by atoms with van der Waals surface area (Å²) in [6, 6.07) is 0.585. The van der Waals surface area contributed by atoms with Gasteiger partial charge in [-0.15, -0.1) is 0 Å². The minimum absolute atomic E-state index is 0.251. The van der Waals surface area contributed by atoms with E-state index >= 15 is 0 Å². The zero-order valence-corrected chi connectivity index (χ0v) is 12.4. The van der Waals surface area contributed by atoms with Crippen LogP contribution in [0.1, 0.15) is 44.1 Å². The van der Waals surface area contributed by atoms with Gasteiger partial charge in [-0.25, -0.2) is 4.98 Å². The molecule has 5 heteroatoms. The summed E-state index contributed by atoms with van der Waals surface area (Å²) in [7, 11) is 0. The van der Waals surface area contributed by atoms with Gasteiger partial charge in [0.25, 0.3) is 0 Å². The Balaban J connectivity index is 1.86. The molecule has 3 heterocycles. The molecular weight excluding hydrogens is 262 g/mol. The Labute approximate surface area is 119 Å². The number of aromatic nitrogens is 2. The van der Waals surface area contributed by atoms with Gasteiger partial charge in [0, 0.05) is 18.5 Å². The van der Waals surface area contributed by atoms with Crippen molar-refractivity contribution in [2.45, 2.75) is 57.7 Å². The van der Waals surface area contributed by atoms with Crippen LogP contribution in [0.3, 0.4) is 0 Å². The Morgan fingerprint density at radius 2 is 2.11 bits per heavy atom. The number of hydrogen-bond acceptors (Lipinski definition) is 3. The van der Waals surface area contributed by atoms with Crippen LogP contribution in [0, 0.1) is 0 Å². The number of likely N-dealkylation sites (tertiary alicyclic amines) is 1. The molecule has 2 aliphatic heterocycles. The van der Waals surface area contributed by atoms with Gasteiger partial charge in [-0.05, 0) is 39.7 Å². The Kier molecular flexibility index (Phi) is 3.58. The number of imidazole rings is 1. The van der Waals surface area contributed by atoms with Crippen LogP contribution in [-0.2, 0) is 13.0 Å². The molecule has 0 spiro atoms. The Morgan fingerprint density at radius 3 is 2.79 bits per heavy atom. The lowest BCUT2D eigenvalue weighted by Crippen LogP contribution is -2.29. The molecule has 106 valence electrons. The van der Waals surface area contributed by atoms with Crippen molar-refractivity contribution >= 4 is 11.6 Å². The quantitative estimate of drug-likeness (QED) is 0.903. The van der Waals surface area contributed by atoms with Gasteiger partial charge in [0.05, 0.1) is 18.3 Å². The van der Waals surface area contributed by atoms with Crippen LogP contribution in [0.15, 0.2) is 0 Å². The Morgan fingerprint density at radius 1 is 1.32 bits per heavy atom. The molecule has 0 bridgehead atoms. The fraction of sp³-hybridized carbons (Fsp3) is 0.786. The van der Waals surface area contributed by atoms with Crippen LogP contribution in [0.2, 0.25) is 5.15 Å². The molecule has 1 aromatic heterocycles. The first-order chi connectivity index (χ1) is 9.06. The van der Waals surface area contributed by atoms with Gasteiger partial charge in [-0.2, -0.15) is 0 Å². The van der Waals surface area contributed by atoms with Crippen LogP contribution < -0.4 is 0 Å². The SMILES string of the molecule is CC(C)N1CCC(c2nc(Cl)c3n2CC(O)CC3)C1. The van der Waals surface area contributed by atoms with Crippen molar-refractivity contribution < 1.29 is 5.11 Å². The molecule has 1 fully saturated rings. The van der Waals surface area contributed by atoms with Gasteiger partial charge in [0.15, 0.2) is 5.15 Å². The maximum absolute atomic E-state index is 9.87. The van der Waals surface area contributed by atoms with Crippen LogP contribution in [0.4, 0.5) is 0 Å². The summed E-state index contributed by atoms with van der Waals surface area (Å²) in [4.78, 5) is 7.08. The van der Waals surface area contributed by atoms with Gasteiger partial charge >= 0.3 is 0 Å². The summed E-state index contributed by atoms with van der Waals surface area (Å²) in [6.45, 7) is 7.31. The summed E-state index contributed by atoms with van der Waals surface area (Å²) in [5.74, 6) is 1.54. The summed E-state index contributed by atoms with van der Waals surface area (Å²) < 4.78 is 2.17. The average Bonchev–Trinajstić information content (AvgIpc) is 2.94. The number of fused-ring (bicyclic) bond motifs is 1. The highest BCUT2D eigenvalue weighted by atomic mass is 35.5. The minimum Gasteiger partial charge on any atom is -0.391 e. The summed E-state index contributed by atoms with van der Waals surface area (Å²) >= 11 is 6.26. The zero-order valence-electron chi connectivity index (χ0n) is 11.6. The first-order valence-electron chi connectivity index (χ1n) is 7.23. The topological polar surface area (TPSA) is 41.3 Å². The molecule has 0 radical (unpaired) electrons. The number of rotatable bonds is 2. The number of halogens is 1. The second kappa shape index (κ2) is 5.08. The highest BCUT2D eigenvalue weighted by molar-refractivity contribution is 6.30. The Hall–Kier alpha value is -0.580. The van der Waals surface area contributed by atoms with Gasteiger partial charge < -0.3 is 14.6 Å². The molecule has 0 aromatic carbocycles. The molecule has 19 heavy (non-hydrogen) atoms. The summed E-state index contributed by atoms with van der Waals surface area (Å²) in [6.07, 6.45) is 2.53. The standard InChI is InChI=1S/C14H22ClN3O/c1-9(2)17-6-5-10(7-17)14-16-13(15)12-4-3-11(19)8-18(12)14/h9-11,19H,3-8H2,1-2H3. The molecule has 3 rings (SSSR count). The minimum atomic E-state index is -0.251. The van der Waals surface area contributed by atoms with E-state index in [4.69, 9.17) is 11.6 Å². The smallest absolute Gasteiger partial charge is 0.150 e. The third kappa shape index (κ3) is 2.41. The van der Waals surface area contributed by atoms with Crippen molar-refractivity contribution in [2.75, 3.05) is 13.1 Å². The van der Waals surface area contributed by atoms with Crippen molar-refractivity contribution in [3.8, 4) is 0 Å². The van der Waals surface area contributed by atoms with Gasteiger partial charge in [0.1, 0.15) is 5.82 Å². The molecule has 2 unspecified atom stereocenters. The highest BCUT2D eigenvalue weighted by Gasteiger charge is 2.32. The third-order valence-corrected chi connectivity index (χ3v) is 4.78. The molecular formula is C14H22ClN3O. The van der Waals surface area contributed by atoms with Crippen LogP contribution in [-0.4, -0.2) is 44.8 Å². The van der Waals surface area contributed by atoms with Gasteiger partial charge in [-0.3, -0.25) is 0 Å².